The maximum atomic E-state index is 14.5. The molecule has 0 aliphatic heterocycles. The number of likely N-dealkylation sites (N-methyl/N-ethyl adjacent to an activating group) is 1. The van der Waals surface area contributed by atoms with Crippen LogP contribution in [0.15, 0.2) is 23.0 Å². The van der Waals surface area contributed by atoms with Crippen molar-refractivity contribution in [3.8, 4) is 11.8 Å². The first-order valence-electron chi connectivity index (χ1n) is 13.7. The number of anilines is 2. The van der Waals surface area contributed by atoms with Gasteiger partial charge in [-0.15, -0.1) is 0 Å². The third-order valence-electron chi connectivity index (χ3n) is 8.49. The number of carbonyl (C=O) groups excluding carboxylic acids is 4. The highest BCUT2D eigenvalue weighted by molar-refractivity contribution is 6.25. The summed E-state index contributed by atoms with van der Waals surface area (Å²) in [5.74, 6) is -6.30. The Morgan fingerprint density at radius 3 is 2.30 bits per heavy atom. The fourth-order valence-corrected chi connectivity index (χ4v) is 6.76. The molecule has 236 valence electrons. The van der Waals surface area contributed by atoms with Crippen molar-refractivity contribution in [2.45, 2.75) is 43.8 Å². The van der Waals surface area contributed by atoms with Gasteiger partial charge >= 0.3 is 6.09 Å². The largest absolute Gasteiger partial charge is 0.509 e. The summed E-state index contributed by atoms with van der Waals surface area (Å²) in [6, 6.07) is 1.66. The van der Waals surface area contributed by atoms with Crippen molar-refractivity contribution in [1.29, 1.82) is 5.26 Å². The number of hydrogen-bond donors (Lipinski definition) is 7. The van der Waals surface area contributed by atoms with Gasteiger partial charge in [0.15, 0.2) is 22.7 Å². The van der Waals surface area contributed by atoms with E-state index in [1.807, 2.05) is 13.8 Å². The zero-order valence-electron chi connectivity index (χ0n) is 25.3. The maximum absolute atomic E-state index is 14.5. The van der Waals surface area contributed by atoms with Crippen LogP contribution in [0.3, 0.4) is 0 Å². The lowest BCUT2D eigenvalue weighted by molar-refractivity contribution is -0.139. The summed E-state index contributed by atoms with van der Waals surface area (Å²) in [6.45, 7) is 3.77. The Morgan fingerprint density at radius 2 is 1.80 bits per heavy atom. The highest BCUT2D eigenvalue weighted by Gasteiger charge is 2.74. The van der Waals surface area contributed by atoms with Gasteiger partial charge in [0.05, 0.1) is 46.6 Å². The number of nitrogens with one attached hydrogen (secondary N) is 1. The Hall–Kier alpha value is -4.65. The normalized spacial score (nSPS) is 27.9. The molecule has 0 heterocycles. The Bertz CT molecular complexity index is 1610. The fourth-order valence-electron chi connectivity index (χ4n) is 6.76. The molecule has 1 aromatic rings. The van der Waals surface area contributed by atoms with E-state index in [0.717, 1.165) is 0 Å². The molecule has 0 radical (unpaired) electrons. The molecule has 1 aromatic carbocycles. The number of rotatable bonds is 6. The van der Waals surface area contributed by atoms with Crippen LogP contribution in [0.5, 0.6) is 5.75 Å². The number of Topliss-reactive ketones (excluding diaryl/α,β-unsaturated/α-hetero) is 2. The predicted molar refractivity (Wildman–Crippen MR) is 158 cm³/mol. The highest BCUT2D eigenvalue weighted by Crippen LogP contribution is 2.59. The highest BCUT2D eigenvalue weighted by atomic mass is 16.5. The lowest BCUT2D eigenvalue weighted by Crippen LogP contribution is -2.80. The number of aromatic hydroxyl groups is 1. The average molecular weight is 612 g/mol. The van der Waals surface area contributed by atoms with Crippen molar-refractivity contribution >= 4 is 40.7 Å². The van der Waals surface area contributed by atoms with E-state index in [-0.39, 0.29) is 35.8 Å². The number of benzene rings is 1. The van der Waals surface area contributed by atoms with Gasteiger partial charge in [0, 0.05) is 19.8 Å². The minimum atomic E-state index is -2.78. The summed E-state index contributed by atoms with van der Waals surface area (Å²) in [6.07, 6.45) is -1.61. The number of aliphatic hydroxyl groups excluding tert-OH is 2. The molecule has 3 aliphatic carbocycles. The quantitative estimate of drug-likeness (QED) is 0.167. The van der Waals surface area contributed by atoms with E-state index >= 15 is 0 Å². The van der Waals surface area contributed by atoms with Gasteiger partial charge in [0.2, 0.25) is 0 Å². The molecule has 0 spiro atoms. The smallest absolute Gasteiger partial charge is 0.411 e. The molecule has 10 N–H and O–H groups in total. The summed E-state index contributed by atoms with van der Waals surface area (Å²) >= 11 is 0. The molecule has 15 heteroatoms. The first kappa shape index (κ1) is 32.3. The van der Waals surface area contributed by atoms with E-state index < -0.39 is 80.9 Å². The predicted octanol–water partition coefficient (Wildman–Crippen LogP) is 0.176. The number of ketones is 2. The number of primary amides is 1. The summed E-state index contributed by atoms with van der Waals surface area (Å²) in [5, 5.41) is 47.3. The van der Waals surface area contributed by atoms with Crippen molar-refractivity contribution in [3.63, 3.8) is 0 Å². The third kappa shape index (κ3) is 4.28. The number of nitrogens with zero attached hydrogens (tertiary/aromatic N) is 3. The van der Waals surface area contributed by atoms with E-state index in [1.54, 1.807) is 25.1 Å². The molecule has 1 fully saturated rings. The number of hydrogen-bond acceptors (Lipinski definition) is 13. The Morgan fingerprint density at radius 1 is 1.18 bits per heavy atom. The van der Waals surface area contributed by atoms with Gasteiger partial charge in [0.1, 0.15) is 17.1 Å². The molecule has 44 heavy (non-hydrogen) atoms. The monoisotopic (exact) mass is 611 g/mol. The van der Waals surface area contributed by atoms with Gasteiger partial charge in [0.25, 0.3) is 5.91 Å². The molecular weight excluding hydrogens is 574 g/mol. The number of carbonyl (C=O) groups is 4. The van der Waals surface area contributed by atoms with E-state index in [9.17, 15) is 39.8 Å². The average Bonchev–Trinajstić information content (AvgIpc) is 2.87. The number of nitriles is 1. The SMILES string of the molecule is CC(C)COC(=O)Nc1cc(N(C)C)c2c(c1O)C(O)=C1C(=O)[C@]3(C#N)C(O)=C(C(N)=O)C(=O)[C@@H](N(C)C)[C@]3(N)C[C@]1(N)C2. The van der Waals surface area contributed by atoms with Gasteiger partial charge in [-0.3, -0.25) is 24.6 Å². The van der Waals surface area contributed by atoms with Gasteiger partial charge in [-0.1, -0.05) is 13.8 Å². The number of phenols is 1. The minimum Gasteiger partial charge on any atom is -0.509 e. The van der Waals surface area contributed by atoms with Gasteiger partial charge in [-0.05, 0) is 44.5 Å². The molecule has 4 atom stereocenters. The Kier molecular flexibility index (Phi) is 7.71. The molecule has 0 bridgehead atoms. The van der Waals surface area contributed by atoms with Crippen molar-refractivity contribution in [2.24, 2.45) is 28.5 Å². The molecular formula is C29H37N7O8. The topological polar surface area (TPSA) is 259 Å². The minimum absolute atomic E-state index is 0.0313. The number of ether oxygens (including phenoxy) is 1. The number of amides is 2. The van der Waals surface area contributed by atoms with E-state index in [4.69, 9.17) is 21.9 Å². The summed E-state index contributed by atoms with van der Waals surface area (Å²) < 4.78 is 5.15. The lowest BCUT2D eigenvalue weighted by Gasteiger charge is -2.58. The summed E-state index contributed by atoms with van der Waals surface area (Å²) in [4.78, 5) is 55.8. The zero-order chi connectivity index (χ0) is 33.3. The van der Waals surface area contributed by atoms with Crippen LogP contribution in [0.2, 0.25) is 0 Å². The van der Waals surface area contributed by atoms with Crippen LogP contribution in [0.1, 0.15) is 31.4 Å². The Balaban J connectivity index is 2.04. The second kappa shape index (κ2) is 10.5. The van der Waals surface area contributed by atoms with E-state index in [1.165, 1.54) is 25.1 Å². The van der Waals surface area contributed by atoms with Gasteiger partial charge < -0.3 is 42.2 Å². The molecule has 3 aliphatic rings. The molecule has 1 saturated carbocycles. The van der Waals surface area contributed by atoms with Crippen molar-refractivity contribution in [1.82, 2.24) is 4.90 Å². The standard InChI is InChI=1S/C29H37N7O8/c1-12(2)9-44-26(43)34-14-7-15(35(3)4)13-8-27(32)10-29(33)22(36(5)6)21(39)17(25(31)42)23(40)28(29,11-30)24(41)18(27)20(38)16(13)19(14)37/h7,12,22,37-38,40H,8-10,32-33H2,1-6H3,(H2,31,42)(H,34,43)/t22-,27-,28+,29-/m1/s1. The first-order chi connectivity index (χ1) is 20.3. The maximum Gasteiger partial charge on any atom is 0.411 e. The lowest BCUT2D eigenvalue weighted by atomic mass is 9.47. The molecule has 0 aromatic heterocycles. The van der Waals surface area contributed by atoms with E-state index in [2.05, 4.69) is 5.32 Å². The zero-order valence-corrected chi connectivity index (χ0v) is 25.3. The fraction of sp³-hybridized carbons (Fsp3) is 0.483. The second-order valence-corrected chi connectivity index (χ2v) is 12.4. The van der Waals surface area contributed by atoms with Gasteiger partial charge in [-0.25, -0.2) is 4.79 Å². The first-order valence-corrected chi connectivity index (χ1v) is 13.7. The number of fused-ring (bicyclic) bond motifs is 3. The Labute approximate surface area is 253 Å². The molecule has 4 rings (SSSR count). The van der Waals surface area contributed by atoms with Crippen molar-refractivity contribution in [3.05, 3.63) is 34.1 Å². The second-order valence-electron chi connectivity index (χ2n) is 12.4. The summed E-state index contributed by atoms with van der Waals surface area (Å²) in [7, 11) is 6.21. The van der Waals surface area contributed by atoms with Gasteiger partial charge in [-0.2, -0.15) is 5.26 Å². The number of phenolic OH excluding ortho intramolecular Hbond substituents is 1. The molecule has 15 nitrogen and oxygen atoms in total. The van der Waals surface area contributed by atoms with Crippen LogP contribution < -0.4 is 27.4 Å². The van der Waals surface area contributed by atoms with Crippen LogP contribution in [-0.4, -0.2) is 95.7 Å². The van der Waals surface area contributed by atoms with Crippen LogP contribution in [-0.2, 0) is 25.5 Å². The number of nitrogens with two attached hydrogens (primary N) is 3. The summed E-state index contributed by atoms with van der Waals surface area (Å²) in [5.41, 5.74) is 11.1. The van der Waals surface area contributed by atoms with Crippen molar-refractivity contribution < 1.29 is 39.2 Å². The van der Waals surface area contributed by atoms with Crippen LogP contribution in [0.25, 0.3) is 5.76 Å². The third-order valence-corrected chi connectivity index (χ3v) is 8.49. The molecule has 0 unspecified atom stereocenters. The van der Waals surface area contributed by atoms with E-state index in [0.29, 0.717) is 5.69 Å². The van der Waals surface area contributed by atoms with Crippen LogP contribution in [0, 0.1) is 22.7 Å². The van der Waals surface area contributed by atoms with Crippen LogP contribution >= 0.6 is 0 Å². The molecule has 0 saturated heterocycles. The van der Waals surface area contributed by atoms with Crippen molar-refractivity contribution in [2.75, 3.05) is 45.0 Å². The van der Waals surface area contributed by atoms with Crippen LogP contribution in [0.4, 0.5) is 16.2 Å². The molecule has 2 amide bonds. The number of aliphatic hydroxyl groups is 2.